The highest BCUT2D eigenvalue weighted by Crippen LogP contribution is 2.26. The van der Waals surface area contributed by atoms with Crippen LogP contribution in [0.1, 0.15) is 30.5 Å². The molecule has 0 aliphatic carbocycles. The maximum atomic E-state index is 5.75. The maximum absolute atomic E-state index is 5.75. The zero-order valence-electron chi connectivity index (χ0n) is 10.8. The Labute approximate surface area is 98.5 Å². The van der Waals surface area contributed by atoms with Crippen LogP contribution in [-0.2, 0) is 0 Å². The number of rotatable bonds is 3. The van der Waals surface area contributed by atoms with Gasteiger partial charge in [-0.2, -0.15) is 0 Å². The SMILES string of the molecule is C=C(C)C(C)=COc1c(C)ccc(C)c1C. The maximum Gasteiger partial charge on any atom is 0.132 e. The van der Waals surface area contributed by atoms with Crippen LogP contribution in [0.4, 0.5) is 0 Å². The van der Waals surface area contributed by atoms with E-state index in [4.69, 9.17) is 4.74 Å². The van der Waals surface area contributed by atoms with Gasteiger partial charge in [-0.25, -0.2) is 0 Å². The molecule has 0 radical (unpaired) electrons. The molecule has 0 aliphatic rings. The minimum atomic E-state index is 0.959. The van der Waals surface area contributed by atoms with Crippen LogP contribution in [0.2, 0.25) is 0 Å². The zero-order chi connectivity index (χ0) is 12.3. The van der Waals surface area contributed by atoms with Crippen LogP contribution >= 0.6 is 0 Å². The first-order valence-corrected chi connectivity index (χ1v) is 5.49. The third-order valence-electron chi connectivity index (χ3n) is 2.90. The van der Waals surface area contributed by atoms with E-state index in [1.165, 1.54) is 11.1 Å². The highest BCUT2D eigenvalue weighted by Gasteiger charge is 2.05. The zero-order valence-corrected chi connectivity index (χ0v) is 10.8. The number of hydrogen-bond acceptors (Lipinski definition) is 1. The van der Waals surface area contributed by atoms with Crippen LogP contribution in [0.5, 0.6) is 5.75 Å². The average molecular weight is 216 g/mol. The van der Waals surface area contributed by atoms with Gasteiger partial charge in [-0.05, 0) is 56.9 Å². The van der Waals surface area contributed by atoms with Crippen LogP contribution in [0.15, 0.2) is 36.1 Å². The molecule has 1 rings (SSSR count). The lowest BCUT2D eigenvalue weighted by molar-refractivity contribution is 0.468. The summed E-state index contributed by atoms with van der Waals surface area (Å²) in [6.07, 6.45) is 1.77. The fourth-order valence-electron chi connectivity index (χ4n) is 1.35. The van der Waals surface area contributed by atoms with Crippen LogP contribution in [0.25, 0.3) is 0 Å². The largest absolute Gasteiger partial charge is 0.464 e. The molecule has 0 saturated carbocycles. The van der Waals surface area contributed by atoms with Crippen molar-refractivity contribution in [3.63, 3.8) is 0 Å². The van der Waals surface area contributed by atoms with Crippen molar-refractivity contribution in [1.82, 2.24) is 0 Å². The first-order chi connectivity index (χ1) is 7.43. The third-order valence-corrected chi connectivity index (χ3v) is 2.90. The Morgan fingerprint density at radius 1 is 1.12 bits per heavy atom. The predicted molar refractivity (Wildman–Crippen MR) is 69.9 cm³/mol. The molecule has 1 heteroatoms. The number of aryl methyl sites for hydroxylation is 2. The van der Waals surface area contributed by atoms with Crippen molar-refractivity contribution >= 4 is 0 Å². The van der Waals surface area contributed by atoms with Crippen molar-refractivity contribution in [1.29, 1.82) is 0 Å². The van der Waals surface area contributed by atoms with E-state index in [1.54, 1.807) is 6.26 Å². The van der Waals surface area contributed by atoms with Crippen molar-refractivity contribution in [3.8, 4) is 5.75 Å². The van der Waals surface area contributed by atoms with Gasteiger partial charge < -0.3 is 4.74 Å². The molecular weight excluding hydrogens is 196 g/mol. The third kappa shape index (κ3) is 2.75. The molecule has 0 bridgehead atoms. The van der Waals surface area contributed by atoms with Gasteiger partial charge in [-0.3, -0.25) is 0 Å². The van der Waals surface area contributed by atoms with E-state index in [0.29, 0.717) is 0 Å². The van der Waals surface area contributed by atoms with Gasteiger partial charge in [0.25, 0.3) is 0 Å². The van der Waals surface area contributed by atoms with E-state index in [1.807, 2.05) is 13.8 Å². The Bertz CT molecular complexity index is 439. The van der Waals surface area contributed by atoms with Crippen molar-refractivity contribution in [3.05, 3.63) is 52.8 Å². The first-order valence-electron chi connectivity index (χ1n) is 5.49. The first kappa shape index (κ1) is 12.6. The number of hydrogen-bond donors (Lipinski definition) is 0. The lowest BCUT2D eigenvalue weighted by atomic mass is 10.1. The minimum Gasteiger partial charge on any atom is -0.464 e. The van der Waals surface area contributed by atoms with Gasteiger partial charge in [0.2, 0.25) is 0 Å². The Morgan fingerprint density at radius 2 is 1.69 bits per heavy atom. The van der Waals surface area contributed by atoms with Gasteiger partial charge in [0.05, 0.1) is 6.26 Å². The fraction of sp³-hybridized carbons (Fsp3) is 0.333. The molecule has 0 fully saturated rings. The summed E-state index contributed by atoms with van der Waals surface area (Å²) in [5.41, 5.74) is 5.71. The van der Waals surface area contributed by atoms with E-state index in [9.17, 15) is 0 Å². The van der Waals surface area contributed by atoms with Crippen LogP contribution in [0, 0.1) is 20.8 Å². The average Bonchev–Trinajstić information content (AvgIpc) is 2.23. The normalized spacial score (nSPS) is 11.4. The molecule has 1 aromatic rings. The summed E-state index contributed by atoms with van der Waals surface area (Å²) in [6, 6.07) is 4.20. The van der Waals surface area contributed by atoms with E-state index in [-0.39, 0.29) is 0 Å². The summed E-state index contributed by atoms with van der Waals surface area (Å²) in [4.78, 5) is 0. The second kappa shape index (κ2) is 5.02. The van der Waals surface area contributed by atoms with E-state index >= 15 is 0 Å². The molecule has 0 N–H and O–H groups in total. The Balaban J connectivity index is 3.02. The summed E-state index contributed by atoms with van der Waals surface area (Å²) in [5.74, 6) is 0.959. The summed E-state index contributed by atoms with van der Waals surface area (Å²) in [7, 11) is 0. The fourth-order valence-corrected chi connectivity index (χ4v) is 1.35. The summed E-state index contributed by atoms with van der Waals surface area (Å²) in [5, 5.41) is 0. The molecule has 0 aromatic heterocycles. The smallest absolute Gasteiger partial charge is 0.132 e. The summed E-state index contributed by atoms with van der Waals surface area (Å²) >= 11 is 0. The molecule has 0 atom stereocenters. The highest BCUT2D eigenvalue weighted by atomic mass is 16.5. The molecule has 86 valence electrons. The highest BCUT2D eigenvalue weighted by molar-refractivity contribution is 5.45. The molecule has 1 aromatic carbocycles. The van der Waals surface area contributed by atoms with E-state index in [2.05, 4.69) is 39.5 Å². The lowest BCUT2D eigenvalue weighted by Gasteiger charge is -2.11. The summed E-state index contributed by atoms with van der Waals surface area (Å²) in [6.45, 7) is 14.1. The standard InChI is InChI=1S/C15H20O/c1-10(2)13(5)9-16-15-12(4)8-7-11(3)14(15)6/h7-9H,1H2,2-6H3. The molecule has 0 heterocycles. The van der Waals surface area contributed by atoms with Gasteiger partial charge in [0, 0.05) is 0 Å². The van der Waals surface area contributed by atoms with Crippen LogP contribution in [-0.4, -0.2) is 0 Å². The van der Waals surface area contributed by atoms with Gasteiger partial charge in [0.15, 0.2) is 0 Å². The van der Waals surface area contributed by atoms with Gasteiger partial charge in [-0.1, -0.05) is 24.3 Å². The Kier molecular flexibility index (Phi) is 3.94. The van der Waals surface area contributed by atoms with Crippen LogP contribution in [0.3, 0.4) is 0 Å². The predicted octanol–water partition coefficient (Wildman–Crippen LogP) is 4.47. The number of allylic oxidation sites excluding steroid dienone is 2. The van der Waals surface area contributed by atoms with E-state index in [0.717, 1.165) is 22.5 Å². The van der Waals surface area contributed by atoms with Crippen LogP contribution < -0.4 is 4.74 Å². The molecule has 0 aliphatic heterocycles. The summed E-state index contributed by atoms with van der Waals surface area (Å²) < 4.78 is 5.75. The van der Waals surface area contributed by atoms with Gasteiger partial charge in [-0.15, -0.1) is 0 Å². The minimum absolute atomic E-state index is 0.959. The van der Waals surface area contributed by atoms with Crippen molar-refractivity contribution in [2.45, 2.75) is 34.6 Å². The molecule has 16 heavy (non-hydrogen) atoms. The Morgan fingerprint density at radius 3 is 2.25 bits per heavy atom. The van der Waals surface area contributed by atoms with Crippen molar-refractivity contribution in [2.24, 2.45) is 0 Å². The topological polar surface area (TPSA) is 9.23 Å². The van der Waals surface area contributed by atoms with Crippen molar-refractivity contribution in [2.75, 3.05) is 0 Å². The monoisotopic (exact) mass is 216 g/mol. The van der Waals surface area contributed by atoms with E-state index < -0.39 is 0 Å². The second-order valence-electron chi connectivity index (χ2n) is 4.35. The van der Waals surface area contributed by atoms with Gasteiger partial charge >= 0.3 is 0 Å². The Hall–Kier alpha value is -1.50. The molecule has 0 spiro atoms. The van der Waals surface area contributed by atoms with Gasteiger partial charge in [0.1, 0.15) is 5.75 Å². The van der Waals surface area contributed by atoms with Crippen molar-refractivity contribution < 1.29 is 4.74 Å². The second-order valence-corrected chi connectivity index (χ2v) is 4.35. The molecular formula is C15H20O. The molecule has 0 amide bonds. The number of ether oxygens (including phenoxy) is 1. The number of benzene rings is 1. The molecule has 0 saturated heterocycles. The molecule has 0 unspecified atom stereocenters. The quantitative estimate of drug-likeness (QED) is 0.535. The lowest BCUT2D eigenvalue weighted by Crippen LogP contribution is -1.94. The molecule has 1 nitrogen and oxygen atoms in total.